The van der Waals surface area contributed by atoms with E-state index >= 15 is 0 Å². The first-order valence-electron chi connectivity index (χ1n) is 8.45. The van der Waals surface area contributed by atoms with E-state index in [0.29, 0.717) is 0 Å². The number of halogens is 3. The molecule has 0 aliphatic heterocycles. The summed E-state index contributed by atoms with van der Waals surface area (Å²) in [6, 6.07) is 8.34. The topological polar surface area (TPSA) is 73.0 Å². The zero-order valence-corrected chi connectivity index (χ0v) is 15.7. The molecule has 2 aromatic carbocycles. The van der Waals surface area contributed by atoms with E-state index in [-0.39, 0.29) is 39.0 Å². The van der Waals surface area contributed by atoms with Crippen molar-refractivity contribution in [2.75, 3.05) is 5.32 Å². The van der Waals surface area contributed by atoms with Crippen LogP contribution in [-0.2, 0) is 0 Å². The summed E-state index contributed by atoms with van der Waals surface area (Å²) in [7, 11) is 0. The third-order valence-electron chi connectivity index (χ3n) is 4.28. The maximum atomic E-state index is 14.4. The first-order valence-corrected chi connectivity index (χ1v) is 8.83. The Kier molecular flexibility index (Phi) is 4.85. The minimum absolute atomic E-state index is 0.0103. The molecule has 1 amide bonds. The number of nitrogens with zero attached hydrogens (tertiary/aromatic N) is 3. The van der Waals surface area contributed by atoms with Gasteiger partial charge in [-0.1, -0.05) is 22.8 Å². The molecule has 0 radical (unpaired) electrons. The van der Waals surface area contributed by atoms with Crippen LogP contribution in [0.5, 0.6) is 0 Å². The van der Waals surface area contributed by atoms with Crippen LogP contribution in [0.25, 0.3) is 16.9 Å². The molecule has 2 heterocycles. The van der Waals surface area contributed by atoms with E-state index in [2.05, 4.69) is 15.5 Å². The number of carbonyl (C=O) groups excluding carboxylic acids is 1. The van der Waals surface area contributed by atoms with Crippen molar-refractivity contribution in [3.63, 3.8) is 0 Å². The van der Waals surface area contributed by atoms with Crippen LogP contribution >= 0.6 is 11.6 Å². The van der Waals surface area contributed by atoms with Gasteiger partial charge in [-0.05, 0) is 37.3 Å². The highest BCUT2D eigenvalue weighted by molar-refractivity contribution is 6.33. The van der Waals surface area contributed by atoms with Gasteiger partial charge >= 0.3 is 0 Å². The lowest BCUT2D eigenvalue weighted by atomic mass is 10.0. The Bertz CT molecular complexity index is 1190. The third kappa shape index (κ3) is 3.50. The third-order valence-corrected chi connectivity index (χ3v) is 4.59. The molecule has 0 saturated heterocycles. The molecule has 2 aromatic heterocycles. The molecule has 4 rings (SSSR count). The van der Waals surface area contributed by atoms with Crippen LogP contribution in [0.1, 0.15) is 16.1 Å². The second-order valence-electron chi connectivity index (χ2n) is 6.15. The molecule has 0 bridgehead atoms. The van der Waals surface area contributed by atoms with E-state index in [1.54, 1.807) is 6.20 Å². The molecular weight excluding hydrogens is 402 g/mol. The predicted molar refractivity (Wildman–Crippen MR) is 103 cm³/mol. The van der Waals surface area contributed by atoms with Gasteiger partial charge in [-0.2, -0.15) is 0 Å². The van der Waals surface area contributed by atoms with Gasteiger partial charge in [0.15, 0.2) is 0 Å². The normalized spacial score (nSPS) is 10.9. The summed E-state index contributed by atoms with van der Waals surface area (Å²) >= 11 is 6.09. The molecule has 0 unspecified atom stereocenters. The van der Waals surface area contributed by atoms with E-state index in [4.69, 9.17) is 16.1 Å². The molecule has 1 N–H and O–H groups in total. The zero-order valence-electron chi connectivity index (χ0n) is 15.0. The molecule has 29 heavy (non-hydrogen) atoms. The number of benzene rings is 2. The number of hydrogen-bond acceptors (Lipinski definition) is 4. The quantitative estimate of drug-likeness (QED) is 0.509. The fraction of sp³-hybridized carbons (Fsp3) is 0.0500. The number of amides is 1. The Morgan fingerprint density at radius 1 is 1.21 bits per heavy atom. The van der Waals surface area contributed by atoms with Crippen LogP contribution in [0.15, 0.2) is 59.6 Å². The lowest BCUT2D eigenvalue weighted by molar-refractivity contribution is 0.102. The van der Waals surface area contributed by atoms with Gasteiger partial charge in [-0.15, -0.1) is 0 Å². The second-order valence-corrected chi connectivity index (χ2v) is 6.56. The van der Waals surface area contributed by atoms with E-state index < -0.39 is 17.5 Å². The fourth-order valence-electron chi connectivity index (χ4n) is 2.92. The average molecular weight is 415 g/mol. The van der Waals surface area contributed by atoms with Gasteiger partial charge < -0.3 is 14.4 Å². The molecule has 4 aromatic rings. The van der Waals surface area contributed by atoms with Crippen molar-refractivity contribution >= 4 is 23.2 Å². The largest absolute Gasteiger partial charge is 0.360 e. The van der Waals surface area contributed by atoms with Crippen molar-refractivity contribution in [1.29, 1.82) is 0 Å². The van der Waals surface area contributed by atoms with Crippen LogP contribution in [0.2, 0.25) is 5.02 Å². The maximum Gasteiger partial charge on any atom is 0.261 e. The summed E-state index contributed by atoms with van der Waals surface area (Å²) in [6.07, 6.45) is 4.59. The highest BCUT2D eigenvalue weighted by Crippen LogP contribution is 2.33. The summed E-state index contributed by atoms with van der Waals surface area (Å²) in [5.41, 5.74) is 0.426. The summed E-state index contributed by atoms with van der Waals surface area (Å²) < 4.78 is 35.3. The molecule has 0 aliphatic carbocycles. The molecule has 0 spiro atoms. The standard InChI is InChI=1S/C20H13ClF2N4O2/c1-11-17(19(26-29-11)18-13(21)3-2-4-14(18)22)20(28)25-12-5-6-16(15(23)9-12)27-8-7-24-10-27/h2-10H,1H3,(H,25,28). The number of aromatic nitrogens is 3. The van der Waals surface area contributed by atoms with Crippen LogP contribution in [0.3, 0.4) is 0 Å². The summed E-state index contributed by atoms with van der Waals surface area (Å²) in [4.78, 5) is 16.7. The summed E-state index contributed by atoms with van der Waals surface area (Å²) in [5, 5.41) is 6.46. The van der Waals surface area contributed by atoms with Gasteiger partial charge in [0.25, 0.3) is 5.91 Å². The van der Waals surface area contributed by atoms with Gasteiger partial charge in [0.05, 0.1) is 22.6 Å². The highest BCUT2D eigenvalue weighted by atomic mass is 35.5. The molecule has 9 heteroatoms. The van der Waals surface area contributed by atoms with Crippen LogP contribution in [-0.4, -0.2) is 20.6 Å². The Morgan fingerprint density at radius 2 is 2.03 bits per heavy atom. The number of hydrogen-bond donors (Lipinski definition) is 1. The summed E-state index contributed by atoms with van der Waals surface area (Å²) in [5.74, 6) is -1.66. The Hall–Kier alpha value is -3.52. The van der Waals surface area contributed by atoms with Crippen LogP contribution in [0, 0.1) is 18.6 Å². The molecule has 0 atom stereocenters. The van der Waals surface area contributed by atoms with E-state index in [1.165, 1.54) is 60.4 Å². The fourth-order valence-corrected chi connectivity index (χ4v) is 3.18. The second kappa shape index (κ2) is 7.48. The van der Waals surface area contributed by atoms with Crippen molar-refractivity contribution in [2.24, 2.45) is 0 Å². The molecule has 0 aliphatic rings. The molecular formula is C20H13ClF2N4O2. The van der Waals surface area contributed by atoms with Crippen LogP contribution in [0.4, 0.5) is 14.5 Å². The van der Waals surface area contributed by atoms with Gasteiger partial charge in [0.1, 0.15) is 28.7 Å². The summed E-state index contributed by atoms with van der Waals surface area (Å²) in [6.45, 7) is 1.52. The lowest BCUT2D eigenvalue weighted by Gasteiger charge is -2.09. The number of nitrogens with one attached hydrogen (secondary N) is 1. The van der Waals surface area contributed by atoms with Crippen molar-refractivity contribution in [3.8, 4) is 16.9 Å². The molecule has 6 nitrogen and oxygen atoms in total. The van der Waals surface area contributed by atoms with Crippen molar-refractivity contribution < 1.29 is 18.1 Å². The number of aryl methyl sites for hydroxylation is 1. The minimum atomic E-state index is -0.643. The highest BCUT2D eigenvalue weighted by Gasteiger charge is 2.25. The Labute approximate surface area is 168 Å². The molecule has 0 fully saturated rings. The first-order chi connectivity index (χ1) is 14.0. The number of anilines is 1. The number of rotatable bonds is 4. The van der Waals surface area contributed by atoms with Crippen molar-refractivity contribution in [1.82, 2.24) is 14.7 Å². The number of carbonyl (C=O) groups is 1. The lowest BCUT2D eigenvalue weighted by Crippen LogP contribution is -2.14. The van der Waals surface area contributed by atoms with Crippen molar-refractivity contribution in [2.45, 2.75) is 6.92 Å². The van der Waals surface area contributed by atoms with E-state index in [9.17, 15) is 13.6 Å². The Balaban J connectivity index is 1.67. The average Bonchev–Trinajstić information content (AvgIpc) is 3.32. The predicted octanol–water partition coefficient (Wildman–Crippen LogP) is 5.02. The maximum absolute atomic E-state index is 14.4. The van der Waals surface area contributed by atoms with Gasteiger partial charge in [-0.3, -0.25) is 4.79 Å². The van der Waals surface area contributed by atoms with Crippen LogP contribution < -0.4 is 5.32 Å². The monoisotopic (exact) mass is 414 g/mol. The number of imidazole rings is 1. The molecule has 146 valence electrons. The first kappa shape index (κ1) is 18.8. The van der Waals surface area contributed by atoms with Gasteiger partial charge in [0, 0.05) is 18.1 Å². The molecule has 0 saturated carbocycles. The Morgan fingerprint density at radius 3 is 2.72 bits per heavy atom. The van der Waals surface area contributed by atoms with Gasteiger partial charge in [-0.25, -0.2) is 13.8 Å². The zero-order chi connectivity index (χ0) is 20.5. The minimum Gasteiger partial charge on any atom is -0.360 e. The van der Waals surface area contributed by atoms with E-state index in [1.807, 2.05) is 0 Å². The smallest absolute Gasteiger partial charge is 0.261 e. The van der Waals surface area contributed by atoms with Crippen molar-refractivity contribution in [3.05, 3.63) is 83.1 Å². The van der Waals surface area contributed by atoms with Gasteiger partial charge in [0.2, 0.25) is 0 Å². The SMILES string of the molecule is Cc1onc(-c2c(F)cccc2Cl)c1C(=O)Nc1ccc(-n2ccnc2)c(F)c1. The van der Waals surface area contributed by atoms with E-state index in [0.717, 1.165) is 0 Å².